The lowest BCUT2D eigenvalue weighted by atomic mass is 10.2. The van der Waals surface area contributed by atoms with E-state index >= 15 is 0 Å². The molecule has 0 aliphatic carbocycles. The first-order valence-corrected chi connectivity index (χ1v) is 6.73. The topological polar surface area (TPSA) is 41.5 Å². The van der Waals surface area contributed by atoms with E-state index in [0.29, 0.717) is 20.6 Å². The zero-order valence-electron chi connectivity index (χ0n) is 10.1. The van der Waals surface area contributed by atoms with E-state index in [1.165, 1.54) is 12.3 Å². The largest absolute Gasteiger partial charge is 0.271 e. The Morgan fingerprint density at radius 1 is 1.00 bits per heavy atom. The van der Waals surface area contributed by atoms with Gasteiger partial charge in [-0.05, 0) is 35.9 Å². The van der Waals surface area contributed by atoms with Crippen molar-refractivity contribution >= 4 is 46.9 Å². The number of hydrogen-bond acceptors (Lipinski definition) is 2. The molecule has 3 nitrogen and oxygen atoms in total. The molecule has 0 saturated heterocycles. The van der Waals surface area contributed by atoms with Crippen LogP contribution < -0.4 is 5.43 Å². The standard InChI is InChI=1S/C14H9Cl3N2O/c15-11-4-1-9(2-5-11)8-18-19-14(20)10-3-6-12(16)13(17)7-10/h1-8H,(H,19,20)/b18-8+. The number of nitrogens with zero attached hydrogens (tertiary/aromatic N) is 1. The van der Waals surface area contributed by atoms with Crippen molar-refractivity contribution in [3.63, 3.8) is 0 Å². The number of halogens is 3. The summed E-state index contributed by atoms with van der Waals surface area (Å²) in [6.45, 7) is 0. The second-order valence-corrected chi connectivity index (χ2v) is 5.13. The van der Waals surface area contributed by atoms with Crippen LogP contribution in [-0.2, 0) is 0 Å². The molecule has 1 N–H and O–H groups in total. The lowest BCUT2D eigenvalue weighted by Crippen LogP contribution is -2.17. The van der Waals surface area contributed by atoms with E-state index in [9.17, 15) is 4.79 Å². The van der Waals surface area contributed by atoms with Gasteiger partial charge in [-0.3, -0.25) is 4.79 Å². The number of hydrogen-bond donors (Lipinski definition) is 1. The third-order valence-electron chi connectivity index (χ3n) is 2.43. The molecular weight excluding hydrogens is 319 g/mol. The Labute approximate surface area is 131 Å². The Bertz CT molecular complexity index is 654. The molecule has 0 saturated carbocycles. The van der Waals surface area contributed by atoms with E-state index in [1.807, 2.05) is 0 Å². The highest BCUT2D eigenvalue weighted by molar-refractivity contribution is 6.42. The second kappa shape index (κ2) is 6.75. The van der Waals surface area contributed by atoms with Crippen LogP contribution in [0.15, 0.2) is 47.6 Å². The first-order chi connectivity index (χ1) is 9.56. The fourth-order valence-corrected chi connectivity index (χ4v) is 1.84. The van der Waals surface area contributed by atoms with Gasteiger partial charge < -0.3 is 0 Å². The summed E-state index contributed by atoms with van der Waals surface area (Å²) in [6.07, 6.45) is 1.52. The van der Waals surface area contributed by atoms with Gasteiger partial charge >= 0.3 is 0 Å². The number of carbonyl (C=O) groups excluding carboxylic acids is 1. The zero-order chi connectivity index (χ0) is 14.5. The first kappa shape index (κ1) is 14.9. The normalized spacial score (nSPS) is 10.8. The van der Waals surface area contributed by atoms with Gasteiger partial charge in [-0.15, -0.1) is 0 Å². The fraction of sp³-hybridized carbons (Fsp3) is 0. The van der Waals surface area contributed by atoms with Gasteiger partial charge in [0.15, 0.2) is 0 Å². The summed E-state index contributed by atoms with van der Waals surface area (Å²) in [5.74, 6) is -0.367. The van der Waals surface area contributed by atoms with Gasteiger partial charge in [-0.25, -0.2) is 5.43 Å². The molecule has 6 heteroatoms. The zero-order valence-corrected chi connectivity index (χ0v) is 12.4. The molecule has 0 heterocycles. The van der Waals surface area contributed by atoms with Crippen LogP contribution in [-0.4, -0.2) is 12.1 Å². The van der Waals surface area contributed by atoms with Crippen LogP contribution in [0.3, 0.4) is 0 Å². The monoisotopic (exact) mass is 326 g/mol. The van der Waals surface area contributed by atoms with Gasteiger partial charge in [-0.2, -0.15) is 5.10 Å². The Kier molecular flexibility index (Phi) is 5.01. The molecule has 0 aliphatic rings. The third kappa shape index (κ3) is 3.97. The lowest BCUT2D eigenvalue weighted by molar-refractivity contribution is 0.0955. The van der Waals surface area contributed by atoms with E-state index in [0.717, 1.165) is 5.56 Å². The molecule has 20 heavy (non-hydrogen) atoms. The Hall–Kier alpha value is -1.55. The molecule has 0 aliphatic heterocycles. The average Bonchev–Trinajstić information content (AvgIpc) is 2.44. The summed E-state index contributed by atoms with van der Waals surface area (Å²) in [4.78, 5) is 11.8. The molecule has 2 rings (SSSR count). The third-order valence-corrected chi connectivity index (χ3v) is 3.42. The maximum atomic E-state index is 11.8. The van der Waals surface area contributed by atoms with E-state index < -0.39 is 0 Å². The van der Waals surface area contributed by atoms with Crippen LogP contribution in [0.25, 0.3) is 0 Å². The fourth-order valence-electron chi connectivity index (χ4n) is 1.42. The number of rotatable bonds is 3. The highest BCUT2D eigenvalue weighted by atomic mass is 35.5. The Balaban J connectivity index is 2.01. The highest BCUT2D eigenvalue weighted by Crippen LogP contribution is 2.22. The minimum atomic E-state index is -0.367. The summed E-state index contributed by atoms with van der Waals surface area (Å²) in [7, 11) is 0. The SMILES string of the molecule is O=C(N/N=C/c1ccc(Cl)cc1)c1ccc(Cl)c(Cl)c1. The van der Waals surface area contributed by atoms with E-state index in [1.54, 1.807) is 36.4 Å². The van der Waals surface area contributed by atoms with Crippen molar-refractivity contribution in [2.24, 2.45) is 5.10 Å². The molecule has 2 aromatic carbocycles. The molecule has 1 amide bonds. The molecule has 0 spiro atoms. The summed E-state index contributed by atoms with van der Waals surface area (Å²) >= 11 is 17.4. The lowest BCUT2D eigenvalue weighted by Gasteiger charge is -2.01. The number of amides is 1. The highest BCUT2D eigenvalue weighted by Gasteiger charge is 2.06. The van der Waals surface area contributed by atoms with Crippen LogP contribution in [0, 0.1) is 0 Å². The molecule has 0 unspecified atom stereocenters. The Morgan fingerprint density at radius 2 is 1.70 bits per heavy atom. The van der Waals surface area contributed by atoms with E-state index in [4.69, 9.17) is 34.8 Å². The van der Waals surface area contributed by atoms with E-state index in [2.05, 4.69) is 10.5 Å². The summed E-state index contributed by atoms with van der Waals surface area (Å²) in [5.41, 5.74) is 3.61. The molecule has 0 bridgehead atoms. The molecule has 2 aromatic rings. The predicted octanol–water partition coefficient (Wildman–Crippen LogP) is 4.41. The van der Waals surface area contributed by atoms with Gasteiger partial charge in [0, 0.05) is 10.6 Å². The smallest absolute Gasteiger partial charge is 0.267 e. The predicted molar refractivity (Wildman–Crippen MR) is 83.0 cm³/mol. The van der Waals surface area contributed by atoms with Crippen LogP contribution in [0.2, 0.25) is 15.1 Å². The number of carbonyl (C=O) groups is 1. The van der Waals surface area contributed by atoms with Crippen LogP contribution in [0.1, 0.15) is 15.9 Å². The van der Waals surface area contributed by atoms with Crippen LogP contribution in [0.4, 0.5) is 0 Å². The summed E-state index contributed by atoms with van der Waals surface area (Å²) in [6, 6.07) is 11.7. The Morgan fingerprint density at radius 3 is 2.35 bits per heavy atom. The van der Waals surface area contributed by atoms with Gasteiger partial charge in [0.1, 0.15) is 0 Å². The van der Waals surface area contributed by atoms with Crippen molar-refractivity contribution in [2.75, 3.05) is 0 Å². The van der Waals surface area contributed by atoms with Gasteiger partial charge in [0.25, 0.3) is 5.91 Å². The maximum Gasteiger partial charge on any atom is 0.271 e. The van der Waals surface area contributed by atoms with Crippen molar-refractivity contribution in [3.8, 4) is 0 Å². The second-order valence-electron chi connectivity index (χ2n) is 3.88. The molecule has 0 aromatic heterocycles. The van der Waals surface area contributed by atoms with Crippen molar-refractivity contribution in [2.45, 2.75) is 0 Å². The first-order valence-electron chi connectivity index (χ1n) is 5.60. The minimum Gasteiger partial charge on any atom is -0.267 e. The number of nitrogens with one attached hydrogen (secondary N) is 1. The molecule has 0 fully saturated rings. The van der Waals surface area contributed by atoms with Crippen molar-refractivity contribution < 1.29 is 4.79 Å². The molecule has 102 valence electrons. The van der Waals surface area contributed by atoms with Crippen molar-refractivity contribution in [3.05, 3.63) is 68.7 Å². The van der Waals surface area contributed by atoms with Crippen molar-refractivity contribution in [1.29, 1.82) is 0 Å². The maximum absolute atomic E-state index is 11.8. The quantitative estimate of drug-likeness (QED) is 0.658. The number of hydrazone groups is 1. The molecular formula is C14H9Cl3N2O. The van der Waals surface area contributed by atoms with Gasteiger partial charge in [0.2, 0.25) is 0 Å². The minimum absolute atomic E-state index is 0.320. The van der Waals surface area contributed by atoms with Gasteiger partial charge in [0.05, 0.1) is 16.3 Å². The van der Waals surface area contributed by atoms with Crippen LogP contribution >= 0.6 is 34.8 Å². The number of benzene rings is 2. The molecule has 0 radical (unpaired) electrons. The average molecular weight is 328 g/mol. The summed E-state index contributed by atoms with van der Waals surface area (Å²) < 4.78 is 0. The van der Waals surface area contributed by atoms with E-state index in [-0.39, 0.29) is 5.91 Å². The van der Waals surface area contributed by atoms with Gasteiger partial charge in [-0.1, -0.05) is 46.9 Å². The molecule has 0 atom stereocenters. The van der Waals surface area contributed by atoms with Crippen molar-refractivity contribution in [1.82, 2.24) is 5.43 Å². The van der Waals surface area contributed by atoms with Crippen LogP contribution in [0.5, 0.6) is 0 Å². The summed E-state index contributed by atoms with van der Waals surface area (Å²) in [5, 5.41) is 5.21.